The van der Waals surface area contributed by atoms with Crippen molar-refractivity contribution in [3.8, 4) is 17.1 Å². The van der Waals surface area contributed by atoms with E-state index in [4.69, 9.17) is 0 Å². The lowest BCUT2D eigenvalue weighted by Crippen LogP contribution is -2.30. The summed E-state index contributed by atoms with van der Waals surface area (Å²) in [6.07, 6.45) is 1.35. The Morgan fingerprint density at radius 3 is 2.68 bits per heavy atom. The second kappa shape index (κ2) is 4.66. The van der Waals surface area contributed by atoms with Crippen molar-refractivity contribution < 1.29 is 22.7 Å². The Morgan fingerprint density at radius 2 is 2.14 bits per heavy atom. The zero-order valence-electron chi connectivity index (χ0n) is 11.2. The standard InChI is InChI=1S/C11H10FN5O4S/c1-16-5-13-11(14-16)6-2-3-7(18)10(9(6)12)17-4-8(19)15-22(17,20)21/h2-3,5,18H,4H2,1H3,(H,15,19). The number of phenols is 1. The molecule has 0 bridgehead atoms. The summed E-state index contributed by atoms with van der Waals surface area (Å²) in [5, 5.41) is 13.7. The predicted octanol–water partition coefficient (Wildman–Crippen LogP) is -0.492. The highest BCUT2D eigenvalue weighted by molar-refractivity contribution is 7.92. The average molecular weight is 327 g/mol. The fourth-order valence-corrected chi connectivity index (χ4v) is 3.24. The summed E-state index contributed by atoms with van der Waals surface area (Å²) < 4.78 is 41.8. The molecule has 1 fully saturated rings. The smallest absolute Gasteiger partial charge is 0.326 e. The minimum Gasteiger partial charge on any atom is -0.506 e. The molecule has 0 atom stereocenters. The monoisotopic (exact) mass is 327 g/mol. The third kappa shape index (κ3) is 2.15. The number of nitrogens with one attached hydrogen (secondary N) is 1. The second-order valence-electron chi connectivity index (χ2n) is 4.57. The van der Waals surface area contributed by atoms with Crippen LogP contribution in [0, 0.1) is 5.82 Å². The van der Waals surface area contributed by atoms with Crippen molar-refractivity contribution in [3.05, 3.63) is 24.3 Å². The van der Waals surface area contributed by atoms with Gasteiger partial charge < -0.3 is 5.11 Å². The maximum Gasteiger partial charge on any atom is 0.326 e. The summed E-state index contributed by atoms with van der Waals surface area (Å²) in [4.78, 5) is 15.1. The van der Waals surface area contributed by atoms with Crippen LogP contribution in [0.25, 0.3) is 11.4 Å². The lowest BCUT2D eigenvalue weighted by atomic mass is 10.1. The minimum atomic E-state index is -4.24. The number of amides is 1. The SMILES string of the molecule is Cn1cnc(-c2ccc(O)c(N3CC(=O)NS3(=O)=O)c2F)n1. The fourth-order valence-electron chi connectivity index (χ4n) is 2.07. The van der Waals surface area contributed by atoms with Crippen LogP contribution in [-0.4, -0.2) is 40.7 Å². The molecule has 9 nitrogen and oxygen atoms in total. The van der Waals surface area contributed by atoms with E-state index in [0.29, 0.717) is 4.31 Å². The number of anilines is 1. The van der Waals surface area contributed by atoms with E-state index < -0.39 is 39.9 Å². The molecule has 0 radical (unpaired) electrons. The van der Waals surface area contributed by atoms with Crippen LogP contribution in [0.15, 0.2) is 18.5 Å². The van der Waals surface area contributed by atoms with E-state index in [0.717, 1.165) is 6.07 Å². The van der Waals surface area contributed by atoms with Gasteiger partial charge in [0.25, 0.3) is 5.91 Å². The molecule has 3 rings (SSSR count). The Hall–Kier alpha value is -2.69. The topological polar surface area (TPSA) is 117 Å². The van der Waals surface area contributed by atoms with Crippen molar-refractivity contribution in [1.82, 2.24) is 19.5 Å². The number of phenolic OH excluding ortho intramolecular Hbond substituents is 1. The van der Waals surface area contributed by atoms with Gasteiger partial charge >= 0.3 is 10.2 Å². The first-order valence-electron chi connectivity index (χ1n) is 6.00. The van der Waals surface area contributed by atoms with Gasteiger partial charge in [0.15, 0.2) is 11.6 Å². The van der Waals surface area contributed by atoms with Gasteiger partial charge in [-0.15, -0.1) is 0 Å². The van der Waals surface area contributed by atoms with Gasteiger partial charge in [-0.2, -0.15) is 13.5 Å². The third-order valence-corrected chi connectivity index (χ3v) is 4.38. The molecule has 2 heterocycles. The largest absolute Gasteiger partial charge is 0.506 e. The van der Waals surface area contributed by atoms with Crippen LogP contribution in [0.4, 0.5) is 10.1 Å². The van der Waals surface area contributed by atoms with Crippen molar-refractivity contribution >= 4 is 21.8 Å². The molecule has 0 saturated carbocycles. The number of halogens is 1. The van der Waals surface area contributed by atoms with E-state index in [1.807, 2.05) is 0 Å². The molecular weight excluding hydrogens is 317 g/mol. The number of hydrogen-bond donors (Lipinski definition) is 2. The molecule has 1 aromatic carbocycles. The van der Waals surface area contributed by atoms with Crippen molar-refractivity contribution in [2.75, 3.05) is 10.8 Å². The number of rotatable bonds is 2. The molecule has 0 aliphatic carbocycles. The lowest BCUT2D eigenvalue weighted by Gasteiger charge is -2.17. The third-order valence-electron chi connectivity index (χ3n) is 3.00. The maximum atomic E-state index is 14.7. The highest BCUT2D eigenvalue weighted by Crippen LogP contribution is 2.37. The van der Waals surface area contributed by atoms with E-state index in [1.165, 1.54) is 17.1 Å². The van der Waals surface area contributed by atoms with Gasteiger partial charge in [0.2, 0.25) is 0 Å². The summed E-state index contributed by atoms with van der Waals surface area (Å²) in [6.45, 7) is -0.619. The molecule has 116 valence electrons. The van der Waals surface area contributed by atoms with Crippen LogP contribution < -0.4 is 9.03 Å². The van der Waals surface area contributed by atoms with Gasteiger partial charge in [0, 0.05) is 7.05 Å². The number of hydrogen-bond acceptors (Lipinski definition) is 6. The molecule has 1 aliphatic heterocycles. The molecule has 2 N–H and O–H groups in total. The molecule has 1 aliphatic rings. The Balaban J connectivity index is 2.19. The highest BCUT2D eigenvalue weighted by Gasteiger charge is 2.38. The van der Waals surface area contributed by atoms with E-state index in [-0.39, 0.29) is 11.4 Å². The lowest BCUT2D eigenvalue weighted by molar-refractivity contribution is -0.117. The van der Waals surface area contributed by atoms with Crippen LogP contribution >= 0.6 is 0 Å². The van der Waals surface area contributed by atoms with E-state index in [2.05, 4.69) is 10.1 Å². The number of carbonyl (C=O) groups is 1. The Morgan fingerprint density at radius 1 is 1.41 bits per heavy atom. The second-order valence-corrected chi connectivity index (χ2v) is 6.17. The minimum absolute atomic E-state index is 0.0251. The van der Waals surface area contributed by atoms with Crippen LogP contribution in [0.5, 0.6) is 5.75 Å². The van der Waals surface area contributed by atoms with Gasteiger partial charge in [-0.25, -0.2) is 18.4 Å². The molecular formula is C11H10FN5O4S. The van der Waals surface area contributed by atoms with Crippen LogP contribution in [-0.2, 0) is 22.1 Å². The summed E-state index contributed by atoms with van der Waals surface area (Å²) in [6, 6.07) is 2.34. The van der Waals surface area contributed by atoms with Crippen molar-refractivity contribution in [1.29, 1.82) is 0 Å². The van der Waals surface area contributed by atoms with Crippen molar-refractivity contribution in [2.45, 2.75) is 0 Å². The van der Waals surface area contributed by atoms with Gasteiger partial charge in [0.1, 0.15) is 24.3 Å². The zero-order chi connectivity index (χ0) is 16.1. The summed E-state index contributed by atoms with van der Waals surface area (Å²) in [5.41, 5.74) is -0.716. The first kappa shape index (κ1) is 14.3. The quantitative estimate of drug-likeness (QED) is 0.768. The number of aryl methyl sites for hydroxylation is 1. The maximum absolute atomic E-state index is 14.7. The number of benzene rings is 1. The molecule has 11 heteroatoms. The summed E-state index contributed by atoms with van der Waals surface area (Å²) in [5.74, 6) is -2.44. The molecule has 0 spiro atoms. The number of nitrogens with zero attached hydrogens (tertiary/aromatic N) is 4. The summed E-state index contributed by atoms with van der Waals surface area (Å²) >= 11 is 0. The first-order chi connectivity index (χ1) is 10.3. The molecule has 0 unspecified atom stereocenters. The van der Waals surface area contributed by atoms with Crippen molar-refractivity contribution in [3.63, 3.8) is 0 Å². The van der Waals surface area contributed by atoms with Gasteiger partial charge in [-0.1, -0.05) is 0 Å². The number of carbonyl (C=O) groups excluding carboxylic acids is 1. The van der Waals surface area contributed by atoms with Crippen LogP contribution in [0.3, 0.4) is 0 Å². The van der Waals surface area contributed by atoms with E-state index in [9.17, 15) is 22.7 Å². The molecule has 2 aromatic rings. The molecule has 22 heavy (non-hydrogen) atoms. The Kier molecular flexibility index (Phi) is 3.02. The average Bonchev–Trinajstić information content (AvgIpc) is 2.93. The van der Waals surface area contributed by atoms with Crippen LogP contribution in [0.2, 0.25) is 0 Å². The van der Waals surface area contributed by atoms with Crippen LogP contribution in [0.1, 0.15) is 0 Å². The van der Waals surface area contributed by atoms with Crippen molar-refractivity contribution in [2.24, 2.45) is 7.05 Å². The zero-order valence-corrected chi connectivity index (χ0v) is 12.0. The molecule has 1 saturated heterocycles. The van der Waals surface area contributed by atoms with E-state index >= 15 is 0 Å². The fraction of sp³-hybridized carbons (Fsp3) is 0.182. The van der Waals surface area contributed by atoms with Gasteiger partial charge in [-0.3, -0.25) is 9.48 Å². The van der Waals surface area contributed by atoms with Gasteiger partial charge in [-0.05, 0) is 12.1 Å². The summed E-state index contributed by atoms with van der Waals surface area (Å²) in [7, 11) is -2.65. The first-order valence-corrected chi connectivity index (χ1v) is 7.44. The highest BCUT2D eigenvalue weighted by atomic mass is 32.2. The van der Waals surface area contributed by atoms with E-state index in [1.54, 1.807) is 11.8 Å². The number of aromatic hydroxyl groups is 1. The van der Waals surface area contributed by atoms with Gasteiger partial charge in [0.05, 0.1) is 5.56 Å². The normalized spacial score (nSPS) is 16.8. The molecule has 1 aromatic heterocycles. The Bertz CT molecular complexity index is 879. The Labute approximate surface area is 124 Å². The predicted molar refractivity (Wildman–Crippen MR) is 72.5 cm³/mol. The molecule has 1 amide bonds. The number of aromatic nitrogens is 3.